The van der Waals surface area contributed by atoms with Crippen molar-refractivity contribution in [3.05, 3.63) is 12.7 Å². The van der Waals surface area contributed by atoms with Crippen LogP contribution in [0.4, 0.5) is 9.59 Å². The van der Waals surface area contributed by atoms with Crippen molar-refractivity contribution in [2.45, 2.75) is 13.3 Å². The van der Waals surface area contributed by atoms with Gasteiger partial charge < -0.3 is 14.2 Å². The van der Waals surface area contributed by atoms with Gasteiger partial charge in [0.05, 0.1) is 6.61 Å². The zero-order valence-corrected chi connectivity index (χ0v) is 7.45. The van der Waals surface area contributed by atoms with Crippen LogP contribution in [0.15, 0.2) is 12.7 Å². The molecular formula is C8H12O5. The summed E-state index contributed by atoms with van der Waals surface area (Å²) in [4.78, 5) is 21.2. The molecule has 0 aromatic heterocycles. The van der Waals surface area contributed by atoms with E-state index < -0.39 is 12.3 Å². The number of carbonyl (C=O) groups is 2. The molecule has 0 unspecified atom stereocenters. The Morgan fingerprint density at radius 1 is 1.31 bits per heavy atom. The van der Waals surface area contributed by atoms with Crippen molar-refractivity contribution in [2.24, 2.45) is 0 Å². The molecule has 13 heavy (non-hydrogen) atoms. The number of carbonyl (C=O) groups excluding carboxylic acids is 2. The third-order valence-corrected chi connectivity index (χ3v) is 0.910. The second-order valence-corrected chi connectivity index (χ2v) is 2.05. The average Bonchev–Trinajstić information content (AvgIpc) is 2.11. The van der Waals surface area contributed by atoms with Crippen LogP contribution >= 0.6 is 0 Å². The summed E-state index contributed by atoms with van der Waals surface area (Å²) in [6.45, 7) is 5.35. The topological polar surface area (TPSA) is 61.8 Å². The van der Waals surface area contributed by atoms with Gasteiger partial charge in [0.1, 0.15) is 6.61 Å². The molecule has 0 N–H and O–H groups in total. The second kappa shape index (κ2) is 7.15. The van der Waals surface area contributed by atoms with Crippen LogP contribution in [0.5, 0.6) is 0 Å². The molecule has 0 saturated carbocycles. The minimum Gasteiger partial charge on any atom is -0.434 e. The summed E-state index contributed by atoms with van der Waals surface area (Å²) in [6, 6.07) is 0. The molecule has 0 aromatic carbocycles. The molecule has 5 heteroatoms. The van der Waals surface area contributed by atoms with Crippen LogP contribution in [0.25, 0.3) is 0 Å². The normalized spacial score (nSPS) is 8.69. The van der Waals surface area contributed by atoms with Gasteiger partial charge >= 0.3 is 12.3 Å². The zero-order chi connectivity index (χ0) is 10.1. The van der Waals surface area contributed by atoms with Gasteiger partial charge in [-0.05, 0) is 6.42 Å². The fourth-order valence-corrected chi connectivity index (χ4v) is 0.439. The van der Waals surface area contributed by atoms with Crippen LogP contribution in [0.1, 0.15) is 13.3 Å². The van der Waals surface area contributed by atoms with Crippen molar-refractivity contribution < 1.29 is 23.8 Å². The molecule has 74 valence electrons. The van der Waals surface area contributed by atoms with Crippen molar-refractivity contribution in [2.75, 3.05) is 13.2 Å². The number of ether oxygens (including phenoxy) is 3. The first-order valence-electron chi connectivity index (χ1n) is 3.83. The third-order valence-electron chi connectivity index (χ3n) is 0.910. The van der Waals surface area contributed by atoms with Crippen molar-refractivity contribution >= 4 is 12.3 Å². The van der Waals surface area contributed by atoms with Crippen LogP contribution in [0.2, 0.25) is 0 Å². The lowest BCUT2D eigenvalue weighted by molar-refractivity contribution is 0.0410. The SMILES string of the molecule is C=CCOC(=O)OC(=O)OCCC. The first-order chi connectivity index (χ1) is 6.20. The lowest BCUT2D eigenvalue weighted by Gasteiger charge is -2.02. The van der Waals surface area contributed by atoms with E-state index >= 15 is 0 Å². The summed E-state index contributed by atoms with van der Waals surface area (Å²) in [7, 11) is 0. The smallest absolute Gasteiger partial charge is 0.434 e. The molecule has 0 aliphatic rings. The van der Waals surface area contributed by atoms with Gasteiger partial charge in [-0.2, -0.15) is 0 Å². The molecule has 0 heterocycles. The van der Waals surface area contributed by atoms with E-state index in [1.54, 1.807) is 0 Å². The molecular weight excluding hydrogens is 176 g/mol. The molecule has 0 aliphatic heterocycles. The zero-order valence-electron chi connectivity index (χ0n) is 7.45. The molecule has 0 amide bonds. The Hall–Kier alpha value is -1.52. The van der Waals surface area contributed by atoms with Crippen LogP contribution in [-0.4, -0.2) is 25.5 Å². The molecule has 0 rings (SSSR count). The lowest BCUT2D eigenvalue weighted by Crippen LogP contribution is -2.15. The summed E-state index contributed by atoms with van der Waals surface area (Å²) in [6.07, 6.45) is -0.105. The first kappa shape index (κ1) is 11.5. The average molecular weight is 188 g/mol. The maximum absolute atomic E-state index is 10.6. The van der Waals surface area contributed by atoms with Crippen LogP contribution in [0.3, 0.4) is 0 Å². The predicted octanol–water partition coefficient (Wildman–Crippen LogP) is 1.87. The standard InChI is InChI=1S/C8H12O5/c1-3-5-11-7(9)13-8(10)12-6-4-2/h3H,1,4-6H2,2H3. The second-order valence-electron chi connectivity index (χ2n) is 2.05. The van der Waals surface area contributed by atoms with Gasteiger partial charge in [0.2, 0.25) is 0 Å². The van der Waals surface area contributed by atoms with E-state index in [9.17, 15) is 9.59 Å². The van der Waals surface area contributed by atoms with Crippen molar-refractivity contribution in [3.8, 4) is 0 Å². The molecule has 0 atom stereocenters. The molecule has 5 nitrogen and oxygen atoms in total. The minimum absolute atomic E-state index is 0.000108. The van der Waals surface area contributed by atoms with Gasteiger partial charge in [0, 0.05) is 0 Å². The predicted molar refractivity (Wildman–Crippen MR) is 44.3 cm³/mol. The Bertz CT molecular complexity index is 187. The molecule has 0 saturated heterocycles. The molecule has 0 spiro atoms. The fraction of sp³-hybridized carbons (Fsp3) is 0.500. The van der Waals surface area contributed by atoms with E-state index in [4.69, 9.17) is 0 Å². The van der Waals surface area contributed by atoms with E-state index in [1.165, 1.54) is 6.08 Å². The number of hydrogen-bond donors (Lipinski definition) is 0. The van der Waals surface area contributed by atoms with Gasteiger partial charge in [-0.1, -0.05) is 19.6 Å². The Balaban J connectivity index is 3.53. The van der Waals surface area contributed by atoms with Gasteiger partial charge in [-0.15, -0.1) is 0 Å². The molecule has 0 aromatic rings. The summed E-state index contributed by atoms with van der Waals surface area (Å²) in [5, 5.41) is 0. The highest BCUT2D eigenvalue weighted by Crippen LogP contribution is 1.91. The quantitative estimate of drug-likeness (QED) is 0.383. The van der Waals surface area contributed by atoms with Crippen molar-refractivity contribution in [1.29, 1.82) is 0 Å². The van der Waals surface area contributed by atoms with E-state index in [1.807, 2.05) is 6.92 Å². The Labute approximate surface area is 76.3 Å². The summed E-state index contributed by atoms with van der Waals surface area (Å²) < 4.78 is 12.9. The van der Waals surface area contributed by atoms with Crippen LogP contribution in [-0.2, 0) is 14.2 Å². The number of rotatable bonds is 4. The van der Waals surface area contributed by atoms with Gasteiger partial charge in [-0.3, -0.25) is 0 Å². The molecule has 0 bridgehead atoms. The number of hydrogen-bond acceptors (Lipinski definition) is 5. The lowest BCUT2D eigenvalue weighted by atomic mass is 10.5. The van der Waals surface area contributed by atoms with Crippen molar-refractivity contribution in [3.63, 3.8) is 0 Å². The van der Waals surface area contributed by atoms with Crippen LogP contribution < -0.4 is 0 Å². The highest BCUT2D eigenvalue weighted by atomic mass is 16.8. The summed E-state index contributed by atoms with van der Waals surface area (Å²) in [5.41, 5.74) is 0. The molecule has 0 radical (unpaired) electrons. The Kier molecular flexibility index (Phi) is 6.31. The maximum atomic E-state index is 10.6. The fourth-order valence-electron chi connectivity index (χ4n) is 0.439. The van der Waals surface area contributed by atoms with Gasteiger partial charge in [-0.25, -0.2) is 9.59 Å². The third kappa shape index (κ3) is 6.86. The Morgan fingerprint density at radius 2 is 1.92 bits per heavy atom. The summed E-state index contributed by atoms with van der Waals surface area (Å²) in [5.74, 6) is 0. The van der Waals surface area contributed by atoms with Gasteiger partial charge in [0.15, 0.2) is 0 Å². The minimum atomic E-state index is -1.08. The highest BCUT2D eigenvalue weighted by Gasteiger charge is 2.11. The summed E-state index contributed by atoms with van der Waals surface area (Å²) >= 11 is 0. The highest BCUT2D eigenvalue weighted by molar-refractivity contribution is 5.76. The van der Waals surface area contributed by atoms with E-state index in [2.05, 4.69) is 20.8 Å². The maximum Gasteiger partial charge on any atom is 0.518 e. The van der Waals surface area contributed by atoms with E-state index in [0.29, 0.717) is 6.42 Å². The molecule has 0 aliphatic carbocycles. The monoisotopic (exact) mass is 188 g/mol. The first-order valence-corrected chi connectivity index (χ1v) is 3.83. The van der Waals surface area contributed by atoms with Crippen LogP contribution in [0, 0.1) is 0 Å². The molecule has 0 fully saturated rings. The largest absolute Gasteiger partial charge is 0.518 e. The van der Waals surface area contributed by atoms with E-state index in [-0.39, 0.29) is 13.2 Å². The Morgan fingerprint density at radius 3 is 2.46 bits per heavy atom. The van der Waals surface area contributed by atoms with E-state index in [0.717, 1.165) is 0 Å². The van der Waals surface area contributed by atoms with Gasteiger partial charge in [0.25, 0.3) is 0 Å². The van der Waals surface area contributed by atoms with Crippen molar-refractivity contribution in [1.82, 2.24) is 0 Å².